The second kappa shape index (κ2) is 7.68. The van der Waals surface area contributed by atoms with E-state index in [4.69, 9.17) is 23.2 Å². The van der Waals surface area contributed by atoms with E-state index in [-0.39, 0.29) is 10.6 Å². The van der Waals surface area contributed by atoms with Gasteiger partial charge in [0.2, 0.25) is 0 Å². The molecule has 2 N–H and O–H groups in total. The van der Waals surface area contributed by atoms with Crippen LogP contribution in [0.2, 0.25) is 10.2 Å². The van der Waals surface area contributed by atoms with E-state index >= 15 is 0 Å². The third-order valence-corrected chi connectivity index (χ3v) is 4.08. The van der Waals surface area contributed by atoms with E-state index < -0.39 is 17.8 Å². The van der Waals surface area contributed by atoms with Crippen molar-refractivity contribution >= 4 is 29.1 Å². The fourth-order valence-electron chi connectivity index (χ4n) is 2.46. The molecule has 1 atom stereocenters. The molecule has 0 bridgehead atoms. The largest absolute Gasteiger partial charge is 0.342 e. The number of amides is 1. The van der Waals surface area contributed by atoms with Crippen LogP contribution in [-0.2, 0) is 6.42 Å². The number of carbonyl (C=O) groups is 1. The maximum Gasteiger partial charge on any atom is 0.254 e. The Morgan fingerprint density at radius 2 is 1.96 bits per heavy atom. The van der Waals surface area contributed by atoms with Gasteiger partial charge in [-0.3, -0.25) is 4.79 Å². The summed E-state index contributed by atoms with van der Waals surface area (Å²) < 4.78 is 13.9. The number of hydrogen-bond donors (Lipinski definition) is 2. The minimum atomic E-state index is -0.641. The zero-order valence-electron chi connectivity index (χ0n) is 13.0. The molecule has 128 valence electrons. The van der Waals surface area contributed by atoms with Crippen LogP contribution in [0.5, 0.6) is 0 Å². The standard InChI is InChI=1S/C18H14Cl2FN3O/c19-12-6-7-14(21)13(9-12)18(25)23-15(17-22-10-16(20)24-17)8-11-4-2-1-3-5-11/h1-7,9-10,15H,8H2,(H,22,24)(H,23,25)/t15-/m0/s1. The van der Waals surface area contributed by atoms with Gasteiger partial charge in [-0.1, -0.05) is 53.5 Å². The summed E-state index contributed by atoms with van der Waals surface area (Å²) in [6.45, 7) is 0. The fourth-order valence-corrected chi connectivity index (χ4v) is 2.78. The van der Waals surface area contributed by atoms with E-state index in [0.717, 1.165) is 11.6 Å². The minimum Gasteiger partial charge on any atom is -0.342 e. The number of aromatic amines is 1. The molecule has 1 amide bonds. The second-order valence-electron chi connectivity index (χ2n) is 5.46. The zero-order chi connectivity index (χ0) is 17.8. The average Bonchev–Trinajstić information content (AvgIpc) is 3.04. The van der Waals surface area contributed by atoms with Gasteiger partial charge in [-0.2, -0.15) is 0 Å². The molecule has 0 spiro atoms. The lowest BCUT2D eigenvalue weighted by Gasteiger charge is -2.17. The van der Waals surface area contributed by atoms with Crippen molar-refractivity contribution in [3.63, 3.8) is 0 Å². The van der Waals surface area contributed by atoms with Crippen molar-refractivity contribution in [2.24, 2.45) is 0 Å². The zero-order valence-corrected chi connectivity index (χ0v) is 14.5. The van der Waals surface area contributed by atoms with Crippen LogP contribution in [0, 0.1) is 5.82 Å². The number of halogens is 3. The van der Waals surface area contributed by atoms with Crippen molar-refractivity contribution in [2.75, 3.05) is 0 Å². The SMILES string of the molecule is O=C(N[C@@H](Cc1ccccc1)c1ncc(Cl)[nH]1)c1cc(Cl)ccc1F. The molecule has 0 saturated heterocycles. The lowest BCUT2D eigenvalue weighted by Crippen LogP contribution is -2.31. The number of benzene rings is 2. The van der Waals surface area contributed by atoms with Crippen LogP contribution in [0.1, 0.15) is 27.8 Å². The maximum atomic E-state index is 13.9. The van der Waals surface area contributed by atoms with Crippen molar-refractivity contribution in [1.29, 1.82) is 0 Å². The third kappa shape index (κ3) is 4.38. The van der Waals surface area contributed by atoms with E-state index in [1.807, 2.05) is 30.3 Å². The molecule has 1 heterocycles. The van der Waals surface area contributed by atoms with Gasteiger partial charge in [0.15, 0.2) is 0 Å². The molecule has 0 fully saturated rings. The molecular weight excluding hydrogens is 364 g/mol. The van der Waals surface area contributed by atoms with Crippen LogP contribution < -0.4 is 5.32 Å². The van der Waals surface area contributed by atoms with Gasteiger partial charge in [0.05, 0.1) is 17.8 Å². The molecule has 1 aromatic heterocycles. The van der Waals surface area contributed by atoms with E-state index in [1.165, 1.54) is 18.3 Å². The number of carbonyl (C=O) groups excluding carboxylic acids is 1. The Bertz CT molecular complexity index is 883. The van der Waals surface area contributed by atoms with Crippen LogP contribution in [0.25, 0.3) is 0 Å². The molecule has 4 nitrogen and oxygen atoms in total. The number of H-pyrrole nitrogens is 1. The van der Waals surface area contributed by atoms with E-state index in [2.05, 4.69) is 15.3 Å². The monoisotopic (exact) mass is 377 g/mol. The molecule has 0 radical (unpaired) electrons. The molecule has 0 aliphatic rings. The molecule has 0 aliphatic heterocycles. The lowest BCUT2D eigenvalue weighted by molar-refractivity contribution is 0.0930. The Hall–Kier alpha value is -2.37. The summed E-state index contributed by atoms with van der Waals surface area (Å²) in [7, 11) is 0. The van der Waals surface area contributed by atoms with Gasteiger partial charge < -0.3 is 10.3 Å². The smallest absolute Gasteiger partial charge is 0.254 e. The van der Waals surface area contributed by atoms with Gasteiger partial charge in [0.25, 0.3) is 5.91 Å². The van der Waals surface area contributed by atoms with Crippen molar-refractivity contribution in [3.05, 3.63) is 87.7 Å². The Kier molecular flexibility index (Phi) is 5.36. The van der Waals surface area contributed by atoms with Gasteiger partial charge in [0, 0.05) is 5.02 Å². The van der Waals surface area contributed by atoms with Crippen LogP contribution in [-0.4, -0.2) is 15.9 Å². The maximum absolute atomic E-state index is 13.9. The molecule has 0 unspecified atom stereocenters. The first-order chi connectivity index (χ1) is 12.0. The Balaban J connectivity index is 1.86. The summed E-state index contributed by atoms with van der Waals surface area (Å²) in [6, 6.07) is 12.9. The number of nitrogens with one attached hydrogen (secondary N) is 2. The molecule has 2 aromatic carbocycles. The minimum absolute atomic E-state index is 0.122. The highest BCUT2D eigenvalue weighted by molar-refractivity contribution is 6.31. The Morgan fingerprint density at radius 1 is 1.20 bits per heavy atom. The number of hydrogen-bond acceptors (Lipinski definition) is 2. The van der Waals surface area contributed by atoms with Crippen molar-refractivity contribution in [1.82, 2.24) is 15.3 Å². The summed E-state index contributed by atoms with van der Waals surface area (Å²) in [4.78, 5) is 19.6. The average molecular weight is 378 g/mol. The van der Waals surface area contributed by atoms with E-state index in [1.54, 1.807) is 0 Å². The number of rotatable bonds is 5. The van der Waals surface area contributed by atoms with Gasteiger partial charge in [-0.25, -0.2) is 9.37 Å². The third-order valence-electron chi connectivity index (χ3n) is 3.66. The lowest BCUT2D eigenvalue weighted by atomic mass is 10.0. The first-order valence-electron chi connectivity index (χ1n) is 7.53. The molecule has 3 rings (SSSR count). The van der Waals surface area contributed by atoms with E-state index in [0.29, 0.717) is 17.4 Å². The van der Waals surface area contributed by atoms with Gasteiger partial charge in [-0.15, -0.1) is 0 Å². The van der Waals surface area contributed by atoms with E-state index in [9.17, 15) is 9.18 Å². The highest BCUT2D eigenvalue weighted by Crippen LogP contribution is 2.20. The normalized spacial score (nSPS) is 12.0. The molecule has 25 heavy (non-hydrogen) atoms. The van der Waals surface area contributed by atoms with Crippen LogP contribution in [0.4, 0.5) is 4.39 Å². The van der Waals surface area contributed by atoms with Gasteiger partial charge in [-0.05, 0) is 30.2 Å². The van der Waals surface area contributed by atoms with Crippen LogP contribution in [0.3, 0.4) is 0 Å². The van der Waals surface area contributed by atoms with Crippen molar-refractivity contribution < 1.29 is 9.18 Å². The molecule has 0 saturated carbocycles. The predicted molar refractivity (Wildman–Crippen MR) is 95.4 cm³/mol. The van der Waals surface area contributed by atoms with Crippen LogP contribution in [0.15, 0.2) is 54.7 Å². The predicted octanol–water partition coefficient (Wildman–Crippen LogP) is 4.57. The Morgan fingerprint density at radius 3 is 2.64 bits per heavy atom. The quantitative estimate of drug-likeness (QED) is 0.683. The summed E-state index contributed by atoms with van der Waals surface area (Å²) in [6.07, 6.45) is 1.93. The second-order valence-corrected chi connectivity index (χ2v) is 6.30. The molecule has 3 aromatic rings. The van der Waals surface area contributed by atoms with Crippen LogP contribution >= 0.6 is 23.2 Å². The summed E-state index contributed by atoms with van der Waals surface area (Å²) >= 11 is 11.8. The highest BCUT2D eigenvalue weighted by atomic mass is 35.5. The summed E-state index contributed by atoms with van der Waals surface area (Å²) in [5, 5.41) is 3.43. The number of imidazole rings is 1. The number of aromatic nitrogens is 2. The Labute approximate surface area is 154 Å². The first kappa shape index (κ1) is 17.5. The molecule has 7 heteroatoms. The summed E-state index contributed by atoms with van der Waals surface area (Å²) in [5.41, 5.74) is 0.870. The van der Waals surface area contributed by atoms with Crippen molar-refractivity contribution in [3.8, 4) is 0 Å². The van der Waals surface area contributed by atoms with Gasteiger partial charge >= 0.3 is 0 Å². The highest BCUT2D eigenvalue weighted by Gasteiger charge is 2.21. The molecule has 0 aliphatic carbocycles. The van der Waals surface area contributed by atoms with Crippen molar-refractivity contribution in [2.45, 2.75) is 12.5 Å². The summed E-state index contributed by atoms with van der Waals surface area (Å²) in [5.74, 6) is -0.726. The number of nitrogens with zero attached hydrogens (tertiary/aromatic N) is 1. The topological polar surface area (TPSA) is 57.8 Å². The molecular formula is C18H14Cl2FN3O. The fraction of sp³-hybridized carbons (Fsp3) is 0.111. The van der Waals surface area contributed by atoms with Gasteiger partial charge in [0.1, 0.15) is 16.8 Å². The first-order valence-corrected chi connectivity index (χ1v) is 8.29.